The Morgan fingerprint density at radius 2 is 1.85 bits per heavy atom. The third kappa shape index (κ3) is 2.55. The smallest absolute Gasteiger partial charge is 0.186 e. The molecule has 0 radical (unpaired) electrons. The molecule has 1 nitrogen and oxygen atoms in total. The maximum Gasteiger partial charge on any atom is 0.186 e. The average Bonchev–Trinajstić information content (AvgIpc) is 2.03. The lowest BCUT2D eigenvalue weighted by atomic mass is 10.0. The van der Waals surface area contributed by atoms with Gasteiger partial charge in [-0.3, -0.25) is 4.79 Å². The number of hydrogen-bond donors (Lipinski definition) is 0. The Morgan fingerprint density at radius 1 is 1.23 bits per heavy atom. The third-order valence-electron chi connectivity index (χ3n) is 1.83. The van der Waals surface area contributed by atoms with Gasteiger partial charge in [0.1, 0.15) is 0 Å². The molecule has 0 saturated carbocycles. The van der Waals surface area contributed by atoms with E-state index in [-0.39, 0.29) is 5.78 Å². The summed E-state index contributed by atoms with van der Waals surface area (Å²) in [6.45, 7) is 5.80. The van der Waals surface area contributed by atoms with Crippen molar-refractivity contribution in [2.45, 2.75) is 20.8 Å². The van der Waals surface area contributed by atoms with Crippen LogP contribution < -0.4 is 0 Å². The Labute approximate surface area is 79.1 Å². The second-order valence-electron chi connectivity index (χ2n) is 3.40. The molecule has 1 aromatic carbocycles. The first kappa shape index (κ1) is 9.72. The fourth-order valence-corrected chi connectivity index (χ4v) is 1.19. The van der Waals surface area contributed by atoms with E-state index < -0.39 is 0 Å². The number of aryl methyl sites for hydroxylation is 1. The number of ketones is 1. The van der Waals surface area contributed by atoms with E-state index in [2.05, 4.69) is 0 Å². The van der Waals surface area contributed by atoms with Gasteiger partial charge in [-0.05, 0) is 32.4 Å². The van der Waals surface area contributed by atoms with Crippen LogP contribution in [0.25, 0.3) is 0 Å². The van der Waals surface area contributed by atoms with Gasteiger partial charge in [-0.1, -0.05) is 29.8 Å². The standard InChI is InChI=1S/C12H14O/c1-9(2)8-12(13)11-7-5-4-6-10(11)3/h4-8H,1-3H3. The van der Waals surface area contributed by atoms with Crippen LogP contribution in [-0.4, -0.2) is 5.78 Å². The molecule has 0 spiro atoms. The van der Waals surface area contributed by atoms with Gasteiger partial charge in [-0.25, -0.2) is 0 Å². The average molecular weight is 174 g/mol. The van der Waals surface area contributed by atoms with Crippen molar-refractivity contribution >= 4 is 5.78 Å². The Bertz CT molecular complexity index is 344. The quantitative estimate of drug-likeness (QED) is 0.497. The number of allylic oxidation sites excluding steroid dienone is 2. The predicted octanol–water partition coefficient (Wildman–Crippen LogP) is 3.14. The largest absolute Gasteiger partial charge is 0.289 e. The van der Waals surface area contributed by atoms with Crippen molar-refractivity contribution in [2.75, 3.05) is 0 Å². The fourth-order valence-electron chi connectivity index (χ4n) is 1.19. The van der Waals surface area contributed by atoms with Gasteiger partial charge in [0, 0.05) is 5.56 Å². The van der Waals surface area contributed by atoms with Crippen LogP contribution in [-0.2, 0) is 0 Å². The van der Waals surface area contributed by atoms with Gasteiger partial charge in [-0.2, -0.15) is 0 Å². The number of hydrogen-bond acceptors (Lipinski definition) is 1. The zero-order valence-corrected chi connectivity index (χ0v) is 8.29. The zero-order valence-electron chi connectivity index (χ0n) is 8.29. The highest BCUT2D eigenvalue weighted by Gasteiger charge is 2.03. The van der Waals surface area contributed by atoms with Gasteiger partial charge in [0.25, 0.3) is 0 Å². The lowest BCUT2D eigenvalue weighted by molar-refractivity contribution is 0.104. The van der Waals surface area contributed by atoms with Crippen LogP contribution in [0.5, 0.6) is 0 Å². The van der Waals surface area contributed by atoms with E-state index in [1.165, 1.54) is 0 Å². The first-order valence-corrected chi connectivity index (χ1v) is 4.36. The van der Waals surface area contributed by atoms with Crippen molar-refractivity contribution in [3.63, 3.8) is 0 Å². The lowest BCUT2D eigenvalue weighted by Gasteiger charge is -2.00. The molecule has 0 atom stereocenters. The van der Waals surface area contributed by atoms with Crippen molar-refractivity contribution in [3.05, 3.63) is 47.0 Å². The Kier molecular flexibility index (Phi) is 3.02. The number of carbonyl (C=O) groups excluding carboxylic acids is 1. The lowest BCUT2D eigenvalue weighted by Crippen LogP contribution is -1.97. The highest BCUT2D eigenvalue weighted by molar-refractivity contribution is 6.05. The minimum atomic E-state index is 0.0955. The monoisotopic (exact) mass is 174 g/mol. The Hall–Kier alpha value is -1.37. The predicted molar refractivity (Wildman–Crippen MR) is 54.9 cm³/mol. The van der Waals surface area contributed by atoms with E-state index in [9.17, 15) is 4.79 Å². The van der Waals surface area contributed by atoms with Gasteiger partial charge in [0.15, 0.2) is 5.78 Å². The molecule has 0 bridgehead atoms. The van der Waals surface area contributed by atoms with Gasteiger partial charge in [0.05, 0.1) is 0 Å². The minimum Gasteiger partial charge on any atom is -0.289 e. The number of rotatable bonds is 2. The van der Waals surface area contributed by atoms with E-state index in [0.29, 0.717) is 0 Å². The van der Waals surface area contributed by atoms with E-state index in [0.717, 1.165) is 16.7 Å². The molecule has 1 aromatic rings. The van der Waals surface area contributed by atoms with Crippen molar-refractivity contribution < 1.29 is 4.79 Å². The van der Waals surface area contributed by atoms with Crippen LogP contribution in [0.15, 0.2) is 35.9 Å². The van der Waals surface area contributed by atoms with Crippen molar-refractivity contribution in [2.24, 2.45) is 0 Å². The summed E-state index contributed by atoms with van der Waals surface area (Å²) in [7, 11) is 0. The molecule has 0 unspecified atom stereocenters. The number of carbonyl (C=O) groups is 1. The summed E-state index contributed by atoms with van der Waals surface area (Å²) in [4.78, 5) is 11.6. The van der Waals surface area contributed by atoms with Crippen LogP contribution in [0.2, 0.25) is 0 Å². The summed E-state index contributed by atoms with van der Waals surface area (Å²) in [5, 5.41) is 0. The molecule has 0 aliphatic carbocycles. The van der Waals surface area contributed by atoms with Gasteiger partial charge in [0.2, 0.25) is 0 Å². The molecule has 0 heterocycles. The van der Waals surface area contributed by atoms with Crippen LogP contribution >= 0.6 is 0 Å². The third-order valence-corrected chi connectivity index (χ3v) is 1.83. The minimum absolute atomic E-state index is 0.0955. The van der Waals surface area contributed by atoms with E-state index in [1.54, 1.807) is 6.08 Å². The van der Waals surface area contributed by atoms with Crippen LogP contribution in [0.4, 0.5) is 0 Å². The van der Waals surface area contributed by atoms with E-state index in [4.69, 9.17) is 0 Å². The van der Waals surface area contributed by atoms with Crippen molar-refractivity contribution in [1.29, 1.82) is 0 Å². The van der Waals surface area contributed by atoms with Crippen LogP contribution in [0, 0.1) is 6.92 Å². The zero-order chi connectivity index (χ0) is 9.84. The normalized spacial score (nSPS) is 9.46. The number of benzene rings is 1. The molecule has 0 aliphatic rings. The molecule has 0 aliphatic heterocycles. The second kappa shape index (κ2) is 4.04. The summed E-state index contributed by atoms with van der Waals surface area (Å²) < 4.78 is 0. The summed E-state index contributed by atoms with van der Waals surface area (Å²) in [5.74, 6) is 0.0955. The van der Waals surface area contributed by atoms with Gasteiger partial charge < -0.3 is 0 Å². The summed E-state index contributed by atoms with van der Waals surface area (Å²) in [5.41, 5.74) is 2.86. The fraction of sp³-hybridized carbons (Fsp3) is 0.250. The van der Waals surface area contributed by atoms with Crippen molar-refractivity contribution in [3.8, 4) is 0 Å². The van der Waals surface area contributed by atoms with Gasteiger partial charge >= 0.3 is 0 Å². The Balaban J connectivity index is 3.03. The maximum absolute atomic E-state index is 11.6. The van der Waals surface area contributed by atoms with E-state index >= 15 is 0 Å². The molecule has 0 N–H and O–H groups in total. The van der Waals surface area contributed by atoms with Gasteiger partial charge in [-0.15, -0.1) is 0 Å². The molecule has 0 saturated heterocycles. The molecule has 1 heteroatoms. The molecule has 0 fully saturated rings. The second-order valence-corrected chi connectivity index (χ2v) is 3.40. The van der Waals surface area contributed by atoms with Crippen LogP contribution in [0.1, 0.15) is 29.8 Å². The molecule has 0 aromatic heterocycles. The molecule has 0 amide bonds. The SMILES string of the molecule is CC(C)=CC(=O)c1ccccc1C. The molecule has 13 heavy (non-hydrogen) atoms. The summed E-state index contributed by atoms with van der Waals surface area (Å²) in [6.07, 6.45) is 1.67. The Morgan fingerprint density at radius 3 is 2.38 bits per heavy atom. The highest BCUT2D eigenvalue weighted by Crippen LogP contribution is 2.09. The van der Waals surface area contributed by atoms with E-state index in [1.807, 2.05) is 45.0 Å². The topological polar surface area (TPSA) is 17.1 Å². The summed E-state index contributed by atoms with van der Waals surface area (Å²) in [6, 6.07) is 7.64. The first-order chi connectivity index (χ1) is 6.11. The van der Waals surface area contributed by atoms with Crippen molar-refractivity contribution in [1.82, 2.24) is 0 Å². The molecular formula is C12H14O. The molecule has 1 rings (SSSR count). The molecular weight excluding hydrogens is 160 g/mol. The first-order valence-electron chi connectivity index (χ1n) is 4.36. The summed E-state index contributed by atoms with van der Waals surface area (Å²) >= 11 is 0. The maximum atomic E-state index is 11.6. The van der Waals surface area contributed by atoms with Crippen LogP contribution in [0.3, 0.4) is 0 Å². The highest BCUT2D eigenvalue weighted by atomic mass is 16.1. The molecule has 68 valence electrons.